The highest BCUT2D eigenvalue weighted by atomic mass is 32.1. The number of fused-ring (bicyclic) bond motifs is 8. The fourth-order valence-corrected chi connectivity index (χ4v) is 7.88. The molecule has 48 heavy (non-hydrogen) atoms. The Morgan fingerprint density at radius 3 is 1.92 bits per heavy atom. The van der Waals surface area contributed by atoms with Crippen molar-refractivity contribution < 1.29 is 8.83 Å². The molecule has 0 saturated carbocycles. The molecule has 5 heteroatoms. The number of thiazole rings is 1. The van der Waals surface area contributed by atoms with Crippen molar-refractivity contribution >= 4 is 82.5 Å². The van der Waals surface area contributed by atoms with Crippen molar-refractivity contribution in [2.75, 3.05) is 4.90 Å². The highest BCUT2D eigenvalue weighted by Gasteiger charge is 2.21. The minimum Gasteiger partial charge on any atom is -0.456 e. The lowest BCUT2D eigenvalue weighted by Crippen LogP contribution is -2.11. The van der Waals surface area contributed by atoms with E-state index in [-0.39, 0.29) is 0 Å². The Hall–Kier alpha value is -6.17. The molecular weight excluding hydrogens is 609 g/mol. The van der Waals surface area contributed by atoms with Crippen molar-refractivity contribution in [3.8, 4) is 21.7 Å². The van der Waals surface area contributed by atoms with Gasteiger partial charge >= 0.3 is 0 Å². The zero-order valence-electron chi connectivity index (χ0n) is 25.6. The van der Waals surface area contributed by atoms with E-state index in [1.54, 1.807) is 11.3 Å². The van der Waals surface area contributed by atoms with Gasteiger partial charge in [-0.25, -0.2) is 4.98 Å². The molecule has 3 aromatic heterocycles. The van der Waals surface area contributed by atoms with E-state index in [1.807, 2.05) is 18.2 Å². The van der Waals surface area contributed by atoms with E-state index in [0.29, 0.717) is 0 Å². The summed E-state index contributed by atoms with van der Waals surface area (Å²) in [6, 6.07) is 54.8. The molecule has 10 aromatic rings. The number of aromatic nitrogens is 1. The van der Waals surface area contributed by atoms with Crippen LogP contribution in [-0.2, 0) is 0 Å². The number of benzene rings is 7. The van der Waals surface area contributed by atoms with Gasteiger partial charge in [0.1, 0.15) is 27.3 Å². The zero-order valence-corrected chi connectivity index (χ0v) is 26.4. The van der Waals surface area contributed by atoms with E-state index in [0.717, 1.165) is 92.9 Å². The summed E-state index contributed by atoms with van der Waals surface area (Å²) in [6.07, 6.45) is 0. The van der Waals surface area contributed by atoms with E-state index in [9.17, 15) is 0 Å². The van der Waals surface area contributed by atoms with Gasteiger partial charge < -0.3 is 13.7 Å². The molecule has 226 valence electrons. The van der Waals surface area contributed by atoms with Gasteiger partial charge in [-0.05, 0) is 54.1 Å². The molecule has 0 aliphatic heterocycles. The zero-order chi connectivity index (χ0) is 31.6. The molecule has 0 unspecified atom stereocenters. The molecule has 0 bridgehead atoms. The number of para-hydroxylation sites is 2. The second kappa shape index (κ2) is 10.7. The Balaban J connectivity index is 1.19. The van der Waals surface area contributed by atoms with Crippen LogP contribution in [0.1, 0.15) is 0 Å². The van der Waals surface area contributed by atoms with Crippen LogP contribution >= 0.6 is 11.3 Å². The second-order valence-corrected chi connectivity index (χ2v) is 13.0. The third-order valence-corrected chi connectivity index (χ3v) is 10.2. The third kappa shape index (κ3) is 4.25. The molecule has 0 aliphatic rings. The molecule has 0 spiro atoms. The number of furan rings is 2. The van der Waals surface area contributed by atoms with Gasteiger partial charge in [0.2, 0.25) is 0 Å². The van der Waals surface area contributed by atoms with Crippen LogP contribution in [0, 0.1) is 0 Å². The van der Waals surface area contributed by atoms with E-state index >= 15 is 0 Å². The molecule has 0 atom stereocenters. The van der Waals surface area contributed by atoms with Crippen LogP contribution in [-0.4, -0.2) is 4.98 Å². The molecular formula is C43H26N2O2S. The van der Waals surface area contributed by atoms with Crippen molar-refractivity contribution in [3.63, 3.8) is 0 Å². The molecule has 4 nitrogen and oxygen atoms in total. The number of hydrogen-bond acceptors (Lipinski definition) is 5. The highest BCUT2D eigenvalue weighted by molar-refractivity contribution is 7.21. The van der Waals surface area contributed by atoms with Crippen molar-refractivity contribution in [2.45, 2.75) is 0 Å². The molecule has 7 aromatic carbocycles. The molecule has 10 rings (SSSR count). The maximum atomic E-state index is 6.58. The summed E-state index contributed by atoms with van der Waals surface area (Å²) in [4.78, 5) is 7.42. The summed E-state index contributed by atoms with van der Waals surface area (Å²) in [7, 11) is 0. The summed E-state index contributed by atoms with van der Waals surface area (Å²) in [6.45, 7) is 0. The summed E-state index contributed by atoms with van der Waals surface area (Å²) >= 11 is 1.71. The number of anilines is 3. The predicted molar refractivity (Wildman–Crippen MR) is 200 cm³/mol. The first kappa shape index (κ1) is 27.0. The van der Waals surface area contributed by atoms with Gasteiger partial charge in [-0.2, -0.15) is 0 Å². The third-order valence-electron chi connectivity index (χ3n) is 9.11. The van der Waals surface area contributed by atoms with Crippen molar-refractivity contribution in [3.05, 3.63) is 158 Å². The molecule has 0 fully saturated rings. The van der Waals surface area contributed by atoms with Crippen molar-refractivity contribution in [1.29, 1.82) is 0 Å². The monoisotopic (exact) mass is 634 g/mol. The fourth-order valence-electron chi connectivity index (χ4n) is 6.90. The SMILES string of the molecule is c1ccc(-c2nc3c(ccc4oc5cc(N(c6ccc7c(c6)oc6ccccc67)c6ccccc6-c6ccccc6)ccc5c43)s2)cc1. The minimum absolute atomic E-state index is 0.816. The number of hydrogen-bond donors (Lipinski definition) is 0. The average molecular weight is 635 g/mol. The van der Waals surface area contributed by atoms with E-state index in [1.165, 1.54) is 0 Å². The summed E-state index contributed by atoms with van der Waals surface area (Å²) in [5.74, 6) is 0. The molecule has 0 saturated heterocycles. The van der Waals surface area contributed by atoms with Gasteiger partial charge in [0.25, 0.3) is 0 Å². The molecule has 0 amide bonds. The van der Waals surface area contributed by atoms with Crippen LogP contribution < -0.4 is 4.90 Å². The Bertz CT molecular complexity index is 2790. The maximum absolute atomic E-state index is 6.58. The lowest BCUT2D eigenvalue weighted by Gasteiger charge is -2.27. The average Bonchev–Trinajstić information content (AvgIpc) is 3.85. The van der Waals surface area contributed by atoms with Gasteiger partial charge in [0.05, 0.1) is 21.3 Å². The van der Waals surface area contributed by atoms with E-state index in [4.69, 9.17) is 13.8 Å². The van der Waals surface area contributed by atoms with Gasteiger partial charge in [0.15, 0.2) is 0 Å². The summed E-state index contributed by atoms with van der Waals surface area (Å²) in [5, 5.41) is 5.32. The van der Waals surface area contributed by atoms with Crippen LogP contribution in [0.25, 0.3) is 75.8 Å². The first-order valence-electron chi connectivity index (χ1n) is 16.0. The quantitative estimate of drug-likeness (QED) is 0.189. The molecule has 3 heterocycles. The lowest BCUT2D eigenvalue weighted by molar-refractivity contribution is 0.669. The standard InChI is InChI=1S/C43H26N2O2S/c1-3-11-27(12-4-1)31-15-7-9-17-35(31)45(29-19-21-33-32-16-8-10-18-36(32)46-38(33)25-29)30-20-22-34-39(26-30)47-37-23-24-40-42(41(34)37)44-43(48-40)28-13-5-2-6-14-28/h1-26H. The smallest absolute Gasteiger partial charge is 0.137 e. The second-order valence-electron chi connectivity index (χ2n) is 12.0. The van der Waals surface area contributed by atoms with Crippen molar-refractivity contribution in [1.82, 2.24) is 4.98 Å². The van der Waals surface area contributed by atoms with Crippen LogP contribution in [0.5, 0.6) is 0 Å². The Labute approximate surface area is 279 Å². The van der Waals surface area contributed by atoms with Gasteiger partial charge in [-0.3, -0.25) is 0 Å². The highest BCUT2D eigenvalue weighted by Crippen LogP contribution is 2.45. The first-order chi connectivity index (χ1) is 23.8. The van der Waals surface area contributed by atoms with Crippen LogP contribution in [0.2, 0.25) is 0 Å². The predicted octanol–water partition coefficient (Wildman–Crippen LogP) is 12.9. The fraction of sp³-hybridized carbons (Fsp3) is 0. The van der Waals surface area contributed by atoms with Gasteiger partial charge in [0, 0.05) is 50.8 Å². The Morgan fingerprint density at radius 2 is 1.10 bits per heavy atom. The van der Waals surface area contributed by atoms with E-state index in [2.05, 4.69) is 144 Å². The maximum Gasteiger partial charge on any atom is 0.137 e. The number of rotatable bonds is 5. The van der Waals surface area contributed by atoms with Crippen LogP contribution in [0.15, 0.2) is 167 Å². The largest absolute Gasteiger partial charge is 0.456 e. The van der Waals surface area contributed by atoms with Crippen LogP contribution in [0.4, 0.5) is 17.1 Å². The first-order valence-corrected chi connectivity index (χ1v) is 16.8. The Kier molecular flexibility index (Phi) is 6.01. The topological polar surface area (TPSA) is 42.4 Å². The minimum atomic E-state index is 0.816. The molecule has 0 N–H and O–H groups in total. The van der Waals surface area contributed by atoms with Crippen LogP contribution in [0.3, 0.4) is 0 Å². The normalized spacial score (nSPS) is 11.8. The van der Waals surface area contributed by atoms with E-state index < -0.39 is 0 Å². The lowest BCUT2D eigenvalue weighted by atomic mass is 10.0. The number of nitrogens with zero attached hydrogens (tertiary/aromatic N) is 2. The summed E-state index contributed by atoms with van der Waals surface area (Å²) in [5.41, 5.74) is 10.8. The van der Waals surface area contributed by atoms with Gasteiger partial charge in [-0.15, -0.1) is 11.3 Å². The van der Waals surface area contributed by atoms with Gasteiger partial charge in [-0.1, -0.05) is 97.1 Å². The molecule has 0 radical (unpaired) electrons. The van der Waals surface area contributed by atoms with Crippen molar-refractivity contribution in [2.24, 2.45) is 0 Å². The summed E-state index contributed by atoms with van der Waals surface area (Å²) < 4.78 is 14.1. The molecule has 0 aliphatic carbocycles. The Morgan fingerprint density at radius 1 is 0.479 bits per heavy atom.